The van der Waals surface area contributed by atoms with E-state index >= 15 is 0 Å². The van der Waals surface area contributed by atoms with Crippen molar-refractivity contribution in [3.05, 3.63) is 30.3 Å². The Morgan fingerprint density at radius 3 is 1.76 bits per heavy atom. The molecule has 0 aromatic heterocycles. The normalized spacial score (nSPS) is 10.1. The van der Waals surface area contributed by atoms with Gasteiger partial charge in [0.2, 0.25) is 0 Å². The maximum atomic E-state index is 5.44. The predicted molar refractivity (Wildman–Crippen MR) is 92.1 cm³/mol. The molecule has 2 heteroatoms. The maximum absolute atomic E-state index is 5.44. The van der Waals surface area contributed by atoms with Gasteiger partial charge in [0, 0.05) is 13.2 Å². The van der Waals surface area contributed by atoms with Crippen molar-refractivity contribution in [1.82, 2.24) is 0 Å². The Kier molecular flexibility index (Phi) is 14.6. The predicted octanol–water partition coefficient (Wildman–Crippen LogP) is 5.86. The lowest BCUT2D eigenvalue weighted by Gasteiger charge is -2.07. The van der Waals surface area contributed by atoms with Gasteiger partial charge < -0.3 is 9.47 Å². The molecule has 0 aliphatic rings. The lowest BCUT2D eigenvalue weighted by atomic mass is 10.2. The third-order valence-corrected chi connectivity index (χ3v) is 2.90. The first kappa shape index (κ1) is 20.0. The largest absolute Gasteiger partial charge is 0.491 e. The molecule has 0 bridgehead atoms. The van der Waals surface area contributed by atoms with E-state index in [0.29, 0.717) is 0 Å². The van der Waals surface area contributed by atoms with Crippen LogP contribution in [0.4, 0.5) is 0 Å². The molecule has 0 spiro atoms. The maximum Gasteiger partial charge on any atom is 0.119 e. The molecule has 122 valence electrons. The van der Waals surface area contributed by atoms with E-state index in [2.05, 4.69) is 13.8 Å². The van der Waals surface area contributed by atoms with Crippen molar-refractivity contribution >= 4 is 0 Å². The first-order valence-corrected chi connectivity index (χ1v) is 8.50. The number of benzene rings is 1. The van der Waals surface area contributed by atoms with E-state index in [1.807, 2.05) is 44.2 Å². The molecule has 1 aromatic carbocycles. The lowest BCUT2D eigenvalue weighted by Crippen LogP contribution is -2.04. The van der Waals surface area contributed by atoms with E-state index in [1.165, 1.54) is 38.5 Å². The minimum atomic E-state index is 0.266. The van der Waals surface area contributed by atoms with Crippen molar-refractivity contribution in [3.8, 4) is 5.75 Å². The van der Waals surface area contributed by atoms with Crippen molar-refractivity contribution in [1.29, 1.82) is 0 Å². The molecule has 0 saturated heterocycles. The van der Waals surface area contributed by atoms with Gasteiger partial charge in [-0.2, -0.15) is 0 Å². The molecule has 0 aliphatic heterocycles. The van der Waals surface area contributed by atoms with E-state index < -0.39 is 0 Å². The summed E-state index contributed by atoms with van der Waals surface area (Å²) in [4.78, 5) is 0. The van der Waals surface area contributed by atoms with Crippen LogP contribution in [0.15, 0.2) is 30.3 Å². The van der Waals surface area contributed by atoms with Crippen molar-refractivity contribution in [3.63, 3.8) is 0 Å². The Balaban J connectivity index is 0.000000382. The van der Waals surface area contributed by atoms with Crippen molar-refractivity contribution in [2.24, 2.45) is 0 Å². The summed E-state index contributed by atoms with van der Waals surface area (Å²) in [6, 6.07) is 9.84. The highest BCUT2D eigenvalue weighted by Gasteiger charge is 1.93. The molecular formula is C19H34O2. The second kappa shape index (κ2) is 15.4. The van der Waals surface area contributed by atoms with E-state index in [-0.39, 0.29) is 6.10 Å². The highest BCUT2D eigenvalue weighted by atomic mass is 16.5. The van der Waals surface area contributed by atoms with E-state index in [4.69, 9.17) is 9.47 Å². The number of para-hydroxylation sites is 1. The summed E-state index contributed by atoms with van der Waals surface area (Å²) in [5.74, 6) is 0.942. The van der Waals surface area contributed by atoms with Crippen molar-refractivity contribution < 1.29 is 9.47 Å². The Morgan fingerprint density at radius 2 is 1.33 bits per heavy atom. The van der Waals surface area contributed by atoms with Gasteiger partial charge in [-0.05, 0) is 38.8 Å². The van der Waals surface area contributed by atoms with Gasteiger partial charge in [0.1, 0.15) is 5.75 Å². The topological polar surface area (TPSA) is 18.5 Å². The highest BCUT2D eigenvalue weighted by Crippen LogP contribution is 2.09. The minimum absolute atomic E-state index is 0.266. The molecule has 2 nitrogen and oxygen atoms in total. The highest BCUT2D eigenvalue weighted by molar-refractivity contribution is 5.20. The number of rotatable bonds is 10. The van der Waals surface area contributed by atoms with Crippen molar-refractivity contribution in [2.75, 3.05) is 13.2 Å². The first-order chi connectivity index (χ1) is 10.2. The van der Waals surface area contributed by atoms with Crippen LogP contribution < -0.4 is 4.74 Å². The third kappa shape index (κ3) is 15.2. The molecule has 0 radical (unpaired) electrons. The van der Waals surface area contributed by atoms with Gasteiger partial charge >= 0.3 is 0 Å². The zero-order valence-electron chi connectivity index (χ0n) is 14.4. The zero-order chi connectivity index (χ0) is 15.8. The van der Waals surface area contributed by atoms with Crippen LogP contribution in [0.2, 0.25) is 0 Å². The molecule has 0 N–H and O–H groups in total. The van der Waals surface area contributed by atoms with Crippen LogP contribution in [0.1, 0.15) is 66.2 Å². The molecule has 0 unspecified atom stereocenters. The van der Waals surface area contributed by atoms with E-state index in [0.717, 1.165) is 19.0 Å². The zero-order valence-corrected chi connectivity index (χ0v) is 14.4. The fourth-order valence-electron chi connectivity index (χ4n) is 1.78. The summed E-state index contributed by atoms with van der Waals surface area (Å²) < 4.78 is 10.9. The number of hydrogen-bond donors (Lipinski definition) is 0. The average molecular weight is 294 g/mol. The van der Waals surface area contributed by atoms with Gasteiger partial charge in [0.25, 0.3) is 0 Å². The first-order valence-electron chi connectivity index (χ1n) is 8.50. The quantitative estimate of drug-likeness (QED) is 0.503. The molecule has 0 heterocycles. The van der Waals surface area contributed by atoms with Crippen LogP contribution in [0.5, 0.6) is 5.75 Å². The molecule has 0 fully saturated rings. The standard InChI is InChI=1S/C10H22O.C9H12O/c1-3-5-7-9-11-10-8-6-4-2;1-8(2)10-9-6-4-3-5-7-9/h3-10H2,1-2H3;3-8H,1-2H3. The summed E-state index contributed by atoms with van der Waals surface area (Å²) in [5, 5.41) is 0. The van der Waals surface area contributed by atoms with Gasteiger partial charge in [-0.15, -0.1) is 0 Å². The fourth-order valence-corrected chi connectivity index (χ4v) is 1.78. The Labute approximate surface area is 131 Å². The van der Waals surface area contributed by atoms with Crippen LogP contribution in [-0.2, 0) is 4.74 Å². The van der Waals surface area contributed by atoms with Gasteiger partial charge in [-0.25, -0.2) is 0 Å². The Bertz CT molecular complexity index is 288. The fraction of sp³-hybridized carbons (Fsp3) is 0.684. The van der Waals surface area contributed by atoms with Crippen LogP contribution in [0.25, 0.3) is 0 Å². The monoisotopic (exact) mass is 294 g/mol. The smallest absolute Gasteiger partial charge is 0.119 e. The second-order valence-electron chi connectivity index (χ2n) is 5.51. The number of unbranched alkanes of at least 4 members (excludes halogenated alkanes) is 4. The molecule has 0 aliphatic carbocycles. The molecule has 0 amide bonds. The van der Waals surface area contributed by atoms with Gasteiger partial charge in [-0.1, -0.05) is 57.7 Å². The van der Waals surface area contributed by atoms with Gasteiger partial charge in [-0.3, -0.25) is 0 Å². The van der Waals surface area contributed by atoms with Gasteiger partial charge in [0.05, 0.1) is 6.10 Å². The molecule has 1 rings (SSSR count). The molecule has 1 aromatic rings. The van der Waals surface area contributed by atoms with E-state index in [1.54, 1.807) is 0 Å². The summed E-state index contributed by atoms with van der Waals surface area (Å²) in [6.07, 6.45) is 7.95. The van der Waals surface area contributed by atoms with Crippen molar-refractivity contribution in [2.45, 2.75) is 72.3 Å². The Hall–Kier alpha value is -1.02. The van der Waals surface area contributed by atoms with Crippen LogP contribution in [0, 0.1) is 0 Å². The van der Waals surface area contributed by atoms with E-state index in [9.17, 15) is 0 Å². The number of hydrogen-bond acceptors (Lipinski definition) is 2. The number of ether oxygens (including phenoxy) is 2. The summed E-state index contributed by atoms with van der Waals surface area (Å²) in [6.45, 7) is 10.4. The second-order valence-corrected chi connectivity index (χ2v) is 5.51. The minimum Gasteiger partial charge on any atom is -0.491 e. The summed E-state index contributed by atoms with van der Waals surface area (Å²) in [7, 11) is 0. The van der Waals surface area contributed by atoms with Crippen LogP contribution in [0.3, 0.4) is 0 Å². The third-order valence-electron chi connectivity index (χ3n) is 2.90. The van der Waals surface area contributed by atoms with Crippen LogP contribution in [-0.4, -0.2) is 19.3 Å². The summed E-state index contributed by atoms with van der Waals surface area (Å²) >= 11 is 0. The average Bonchev–Trinajstić information content (AvgIpc) is 2.47. The lowest BCUT2D eigenvalue weighted by molar-refractivity contribution is 0.126. The van der Waals surface area contributed by atoms with Crippen LogP contribution >= 0.6 is 0 Å². The molecular weight excluding hydrogens is 260 g/mol. The summed E-state index contributed by atoms with van der Waals surface area (Å²) in [5.41, 5.74) is 0. The SMILES string of the molecule is CC(C)Oc1ccccc1.CCCCCOCCCCC. The van der Waals surface area contributed by atoms with Gasteiger partial charge in [0.15, 0.2) is 0 Å². The molecule has 0 saturated carbocycles. The molecule has 0 atom stereocenters. The molecule has 21 heavy (non-hydrogen) atoms. The Morgan fingerprint density at radius 1 is 0.810 bits per heavy atom.